The highest BCUT2D eigenvalue weighted by atomic mass is 16.3. The van der Waals surface area contributed by atoms with Gasteiger partial charge in [-0.1, -0.05) is 13.0 Å². The van der Waals surface area contributed by atoms with Gasteiger partial charge in [-0.05, 0) is 86.9 Å². The van der Waals surface area contributed by atoms with E-state index in [1.807, 2.05) is 35.9 Å². The van der Waals surface area contributed by atoms with Crippen molar-refractivity contribution in [1.82, 2.24) is 30.1 Å². The summed E-state index contributed by atoms with van der Waals surface area (Å²) in [6.07, 6.45) is 2.45. The van der Waals surface area contributed by atoms with Crippen LogP contribution in [0.25, 0.3) is 10.9 Å². The first kappa shape index (κ1) is 22.9. The van der Waals surface area contributed by atoms with E-state index in [9.17, 15) is 4.79 Å². The fourth-order valence-corrected chi connectivity index (χ4v) is 4.42. The molecule has 0 saturated carbocycles. The summed E-state index contributed by atoms with van der Waals surface area (Å²) in [5.41, 5.74) is 3.49. The Labute approximate surface area is 193 Å². The van der Waals surface area contributed by atoms with Crippen molar-refractivity contribution in [3.63, 3.8) is 0 Å². The first-order chi connectivity index (χ1) is 15.7. The van der Waals surface area contributed by atoms with Crippen LogP contribution in [0.5, 0.6) is 0 Å². The van der Waals surface area contributed by atoms with Crippen LogP contribution < -0.4 is 5.56 Å². The molecule has 0 spiro atoms. The van der Waals surface area contributed by atoms with E-state index in [1.165, 1.54) is 0 Å². The van der Waals surface area contributed by atoms with Crippen molar-refractivity contribution in [2.24, 2.45) is 0 Å². The second kappa shape index (κ2) is 8.94. The topological polar surface area (TPSA) is 92.8 Å². The monoisotopic (exact) mass is 448 g/mol. The van der Waals surface area contributed by atoms with Crippen molar-refractivity contribution in [2.75, 3.05) is 0 Å². The van der Waals surface area contributed by atoms with Crippen LogP contribution in [-0.4, -0.2) is 30.1 Å². The zero-order chi connectivity index (χ0) is 23.8. The minimum absolute atomic E-state index is 0.0813. The van der Waals surface area contributed by atoms with Crippen molar-refractivity contribution in [2.45, 2.75) is 72.6 Å². The van der Waals surface area contributed by atoms with E-state index >= 15 is 0 Å². The Morgan fingerprint density at radius 3 is 2.64 bits per heavy atom. The fourth-order valence-electron chi connectivity index (χ4n) is 4.42. The summed E-state index contributed by atoms with van der Waals surface area (Å²) in [7, 11) is 0. The molecule has 4 rings (SSSR count). The number of nitrogens with zero attached hydrogens (tertiary/aromatic N) is 5. The van der Waals surface area contributed by atoms with Gasteiger partial charge in [-0.2, -0.15) is 0 Å². The molecule has 1 atom stereocenters. The Hall–Kier alpha value is -3.26. The van der Waals surface area contributed by atoms with E-state index < -0.39 is 0 Å². The smallest absolute Gasteiger partial charge is 0.252 e. The third-order valence-electron chi connectivity index (χ3n) is 5.96. The van der Waals surface area contributed by atoms with Gasteiger partial charge in [0.2, 0.25) is 0 Å². The first-order valence-corrected chi connectivity index (χ1v) is 11.4. The highest BCUT2D eigenvalue weighted by Gasteiger charge is 2.30. The summed E-state index contributed by atoms with van der Waals surface area (Å²) in [4.78, 5) is 18.4. The molecule has 3 heterocycles. The molecule has 1 N–H and O–H groups in total. The number of nitrogens with one attached hydrogen (secondary N) is 1. The molecular weight excluding hydrogens is 416 g/mol. The standard InChI is InChI=1S/C25H32N6O2/c1-7-22(23-27-28-29-31(23)25(4,5)6)30(15-19-9-8-10-33-19)14-18-13-20-17(3)11-16(2)12-21(20)26-24(18)32/h8-13,22H,7,14-15H2,1-6H3,(H,26,32). The Kier molecular flexibility index (Phi) is 6.21. The van der Waals surface area contributed by atoms with Gasteiger partial charge in [0.15, 0.2) is 5.82 Å². The van der Waals surface area contributed by atoms with Gasteiger partial charge in [0, 0.05) is 23.0 Å². The fraction of sp³-hybridized carbons (Fsp3) is 0.440. The van der Waals surface area contributed by atoms with Gasteiger partial charge >= 0.3 is 0 Å². The second-order valence-electron chi connectivity index (χ2n) is 9.69. The number of aromatic amines is 1. The van der Waals surface area contributed by atoms with Gasteiger partial charge in [0.05, 0.1) is 24.4 Å². The number of pyridine rings is 1. The average Bonchev–Trinajstić information content (AvgIpc) is 3.41. The minimum atomic E-state index is -0.266. The molecule has 3 aromatic heterocycles. The van der Waals surface area contributed by atoms with Gasteiger partial charge in [0.25, 0.3) is 5.56 Å². The Bertz CT molecular complexity index is 1300. The van der Waals surface area contributed by atoms with Crippen LogP contribution in [0.15, 0.2) is 45.8 Å². The van der Waals surface area contributed by atoms with Crippen LogP contribution in [0.3, 0.4) is 0 Å². The largest absolute Gasteiger partial charge is 0.468 e. The SMILES string of the molecule is CCC(c1nnnn1C(C)(C)C)N(Cc1ccco1)Cc1cc2c(C)cc(C)cc2[nH]c1=O. The van der Waals surface area contributed by atoms with Gasteiger partial charge < -0.3 is 9.40 Å². The van der Waals surface area contributed by atoms with E-state index in [4.69, 9.17) is 4.42 Å². The number of aromatic nitrogens is 5. The van der Waals surface area contributed by atoms with Gasteiger partial charge in [0.1, 0.15) is 5.76 Å². The third-order valence-corrected chi connectivity index (χ3v) is 5.96. The lowest BCUT2D eigenvalue weighted by Gasteiger charge is -2.31. The van der Waals surface area contributed by atoms with Crippen molar-refractivity contribution in [1.29, 1.82) is 0 Å². The lowest BCUT2D eigenvalue weighted by Crippen LogP contribution is -2.35. The molecule has 0 fully saturated rings. The average molecular weight is 449 g/mol. The molecule has 1 unspecified atom stereocenters. The third kappa shape index (κ3) is 4.75. The zero-order valence-electron chi connectivity index (χ0n) is 20.2. The van der Waals surface area contributed by atoms with Crippen LogP contribution in [0.2, 0.25) is 0 Å². The zero-order valence-corrected chi connectivity index (χ0v) is 20.2. The summed E-state index contributed by atoms with van der Waals surface area (Å²) < 4.78 is 7.53. The maximum atomic E-state index is 13.1. The predicted molar refractivity (Wildman–Crippen MR) is 128 cm³/mol. The molecule has 0 bridgehead atoms. The van der Waals surface area contributed by atoms with Gasteiger partial charge in [-0.25, -0.2) is 4.68 Å². The number of fused-ring (bicyclic) bond motifs is 1. The second-order valence-corrected chi connectivity index (χ2v) is 9.69. The van der Waals surface area contributed by atoms with Gasteiger partial charge in [-0.15, -0.1) is 5.10 Å². The molecule has 0 amide bonds. The van der Waals surface area contributed by atoms with E-state index in [-0.39, 0.29) is 17.1 Å². The highest BCUT2D eigenvalue weighted by Crippen LogP contribution is 2.29. The predicted octanol–water partition coefficient (Wildman–Crippen LogP) is 4.63. The number of benzene rings is 1. The number of furan rings is 1. The summed E-state index contributed by atoms with van der Waals surface area (Å²) in [5, 5.41) is 13.7. The van der Waals surface area contributed by atoms with Gasteiger partial charge in [-0.3, -0.25) is 9.69 Å². The molecule has 0 aliphatic rings. The number of hydrogen-bond donors (Lipinski definition) is 1. The minimum Gasteiger partial charge on any atom is -0.468 e. The molecule has 4 aromatic rings. The van der Waals surface area contributed by atoms with Crippen molar-refractivity contribution < 1.29 is 4.42 Å². The van der Waals surface area contributed by atoms with Crippen LogP contribution >= 0.6 is 0 Å². The maximum absolute atomic E-state index is 13.1. The number of H-pyrrole nitrogens is 1. The van der Waals surface area contributed by atoms with E-state index in [0.717, 1.165) is 40.0 Å². The Balaban J connectivity index is 1.78. The Morgan fingerprint density at radius 2 is 1.97 bits per heavy atom. The molecule has 0 aliphatic heterocycles. The number of tetrazole rings is 1. The quantitative estimate of drug-likeness (QED) is 0.443. The number of rotatable bonds is 7. The molecular formula is C25H32N6O2. The maximum Gasteiger partial charge on any atom is 0.252 e. The van der Waals surface area contributed by atoms with Crippen molar-refractivity contribution >= 4 is 10.9 Å². The van der Waals surface area contributed by atoms with Crippen LogP contribution in [0, 0.1) is 13.8 Å². The van der Waals surface area contributed by atoms with E-state index in [0.29, 0.717) is 18.7 Å². The van der Waals surface area contributed by atoms with E-state index in [2.05, 4.69) is 66.1 Å². The van der Waals surface area contributed by atoms with Crippen molar-refractivity contribution in [3.05, 3.63) is 75.2 Å². The van der Waals surface area contributed by atoms with Crippen LogP contribution in [0.4, 0.5) is 0 Å². The van der Waals surface area contributed by atoms with Crippen LogP contribution in [0.1, 0.15) is 68.4 Å². The highest BCUT2D eigenvalue weighted by molar-refractivity contribution is 5.83. The Morgan fingerprint density at radius 1 is 1.18 bits per heavy atom. The van der Waals surface area contributed by atoms with Crippen LogP contribution in [-0.2, 0) is 18.6 Å². The first-order valence-electron chi connectivity index (χ1n) is 11.4. The molecule has 33 heavy (non-hydrogen) atoms. The van der Waals surface area contributed by atoms with E-state index in [1.54, 1.807) is 6.26 Å². The molecule has 1 aromatic carbocycles. The molecule has 0 aliphatic carbocycles. The summed E-state index contributed by atoms with van der Waals surface area (Å²) in [5.74, 6) is 1.60. The molecule has 8 heteroatoms. The molecule has 0 radical (unpaired) electrons. The molecule has 8 nitrogen and oxygen atoms in total. The lowest BCUT2D eigenvalue weighted by atomic mass is 10.0. The molecule has 0 saturated heterocycles. The molecule has 174 valence electrons. The normalized spacial score (nSPS) is 13.2. The van der Waals surface area contributed by atoms with Crippen molar-refractivity contribution in [3.8, 4) is 0 Å². The number of aryl methyl sites for hydroxylation is 2. The number of hydrogen-bond acceptors (Lipinski definition) is 6. The lowest BCUT2D eigenvalue weighted by molar-refractivity contribution is 0.142. The summed E-state index contributed by atoms with van der Waals surface area (Å²) in [6, 6.07) is 9.89. The summed E-state index contributed by atoms with van der Waals surface area (Å²) >= 11 is 0. The summed E-state index contributed by atoms with van der Waals surface area (Å²) in [6.45, 7) is 13.4.